The third-order valence-electron chi connectivity index (χ3n) is 4.70. The van der Waals surface area contributed by atoms with E-state index in [2.05, 4.69) is 10.6 Å². The number of esters is 1. The van der Waals surface area contributed by atoms with E-state index in [1.54, 1.807) is 60.7 Å². The number of amides is 2. The van der Waals surface area contributed by atoms with Gasteiger partial charge in [-0.2, -0.15) is 4.39 Å². The molecule has 34 heavy (non-hydrogen) atoms. The summed E-state index contributed by atoms with van der Waals surface area (Å²) in [6.45, 7) is -0.669. The zero-order chi connectivity index (χ0) is 24.5. The number of carbonyl (C=O) groups excluding carboxylic acids is 3. The molecule has 0 aliphatic heterocycles. The molecule has 0 radical (unpaired) electrons. The van der Waals surface area contributed by atoms with Crippen molar-refractivity contribution in [2.45, 2.75) is 12.5 Å². The van der Waals surface area contributed by atoms with Crippen LogP contribution in [0.25, 0.3) is 0 Å². The number of halogens is 1. The number of carbonyl (C=O) groups is 3. The van der Waals surface area contributed by atoms with E-state index in [9.17, 15) is 28.9 Å². The smallest absolute Gasteiger partial charge is 0.308 e. The van der Waals surface area contributed by atoms with Crippen LogP contribution in [0.15, 0.2) is 78.9 Å². The molecule has 0 saturated carbocycles. The molecule has 2 N–H and O–H groups in total. The fourth-order valence-electron chi connectivity index (χ4n) is 3.07. The van der Waals surface area contributed by atoms with Crippen LogP contribution < -0.4 is 10.6 Å². The van der Waals surface area contributed by atoms with Gasteiger partial charge in [-0.1, -0.05) is 48.5 Å². The maximum Gasteiger partial charge on any atom is 0.308 e. The molecule has 0 aromatic heterocycles. The fraction of sp³-hybridized carbons (Fsp3) is 0.125. The summed E-state index contributed by atoms with van der Waals surface area (Å²) in [6, 6.07) is 19.4. The molecule has 3 aromatic rings. The van der Waals surface area contributed by atoms with Crippen molar-refractivity contribution in [3.05, 3.63) is 106 Å². The molecule has 1 atom stereocenters. The summed E-state index contributed by atoms with van der Waals surface area (Å²) in [5, 5.41) is 15.9. The third kappa shape index (κ3) is 6.70. The van der Waals surface area contributed by atoms with E-state index >= 15 is 0 Å². The molecule has 3 aromatic carbocycles. The van der Waals surface area contributed by atoms with Crippen molar-refractivity contribution in [1.82, 2.24) is 5.32 Å². The van der Waals surface area contributed by atoms with Gasteiger partial charge >= 0.3 is 11.7 Å². The molecule has 0 aliphatic carbocycles. The monoisotopic (exact) mass is 465 g/mol. The van der Waals surface area contributed by atoms with Crippen molar-refractivity contribution in [3.63, 3.8) is 0 Å². The Morgan fingerprint density at radius 2 is 1.62 bits per heavy atom. The van der Waals surface area contributed by atoms with Gasteiger partial charge in [0.05, 0.1) is 17.4 Å². The third-order valence-corrected chi connectivity index (χ3v) is 4.70. The Hall–Kier alpha value is -4.60. The summed E-state index contributed by atoms with van der Waals surface area (Å²) >= 11 is 0. The van der Waals surface area contributed by atoms with E-state index in [4.69, 9.17) is 4.74 Å². The van der Waals surface area contributed by atoms with Gasteiger partial charge in [0.1, 0.15) is 0 Å². The van der Waals surface area contributed by atoms with Gasteiger partial charge in [0.2, 0.25) is 5.82 Å². The van der Waals surface area contributed by atoms with Crippen LogP contribution in [-0.4, -0.2) is 29.3 Å². The van der Waals surface area contributed by atoms with Gasteiger partial charge in [-0.15, -0.1) is 0 Å². The van der Waals surface area contributed by atoms with Gasteiger partial charge in [-0.3, -0.25) is 24.5 Å². The Labute approximate surface area is 193 Å². The van der Waals surface area contributed by atoms with Crippen LogP contribution in [0.5, 0.6) is 0 Å². The van der Waals surface area contributed by atoms with Crippen molar-refractivity contribution in [3.8, 4) is 0 Å². The molecular formula is C24H20FN3O6. The lowest BCUT2D eigenvalue weighted by Crippen LogP contribution is -2.31. The van der Waals surface area contributed by atoms with E-state index < -0.39 is 41.0 Å². The van der Waals surface area contributed by atoms with Crippen LogP contribution in [0.3, 0.4) is 0 Å². The number of nitro benzene ring substituents is 1. The van der Waals surface area contributed by atoms with Crippen molar-refractivity contribution in [2.75, 3.05) is 11.9 Å². The van der Waals surface area contributed by atoms with Crippen LogP contribution in [0.1, 0.15) is 28.4 Å². The summed E-state index contributed by atoms with van der Waals surface area (Å²) < 4.78 is 18.4. The van der Waals surface area contributed by atoms with Gasteiger partial charge in [0.15, 0.2) is 6.61 Å². The number of rotatable bonds is 9. The van der Waals surface area contributed by atoms with E-state index in [1.807, 2.05) is 0 Å². The molecule has 0 aliphatic rings. The zero-order valence-electron chi connectivity index (χ0n) is 17.8. The van der Waals surface area contributed by atoms with Gasteiger partial charge in [-0.05, 0) is 29.8 Å². The first-order valence-electron chi connectivity index (χ1n) is 10.1. The predicted octanol–water partition coefficient (Wildman–Crippen LogP) is 3.78. The molecule has 0 heterocycles. The average Bonchev–Trinajstić information content (AvgIpc) is 2.84. The van der Waals surface area contributed by atoms with Crippen molar-refractivity contribution < 1.29 is 28.4 Å². The highest BCUT2D eigenvalue weighted by Crippen LogP contribution is 2.22. The van der Waals surface area contributed by atoms with E-state index in [-0.39, 0.29) is 18.0 Å². The van der Waals surface area contributed by atoms with Crippen molar-refractivity contribution in [2.24, 2.45) is 0 Å². The second-order valence-electron chi connectivity index (χ2n) is 7.14. The summed E-state index contributed by atoms with van der Waals surface area (Å²) in [7, 11) is 0. The molecule has 2 amide bonds. The average molecular weight is 465 g/mol. The lowest BCUT2D eigenvalue weighted by Gasteiger charge is -2.19. The van der Waals surface area contributed by atoms with E-state index in [0.717, 1.165) is 18.2 Å². The predicted molar refractivity (Wildman–Crippen MR) is 120 cm³/mol. The number of hydrogen-bond donors (Lipinski definition) is 2. The molecule has 0 fully saturated rings. The Morgan fingerprint density at radius 1 is 0.971 bits per heavy atom. The summed E-state index contributed by atoms with van der Waals surface area (Å²) in [5.74, 6) is -2.93. The van der Waals surface area contributed by atoms with Gasteiger partial charge in [-0.25, -0.2) is 0 Å². The molecule has 174 valence electrons. The van der Waals surface area contributed by atoms with Crippen LogP contribution in [-0.2, 0) is 14.3 Å². The number of hydrogen-bond acceptors (Lipinski definition) is 6. The van der Waals surface area contributed by atoms with Gasteiger partial charge in [0.25, 0.3) is 11.8 Å². The van der Waals surface area contributed by atoms with Crippen LogP contribution >= 0.6 is 0 Å². The topological polar surface area (TPSA) is 128 Å². The first kappa shape index (κ1) is 24.1. The largest absolute Gasteiger partial charge is 0.455 e. The summed E-state index contributed by atoms with van der Waals surface area (Å²) in [6.07, 6.45) is -0.238. The summed E-state index contributed by atoms with van der Waals surface area (Å²) in [5.41, 5.74) is 0.275. The maximum absolute atomic E-state index is 13.4. The Kier molecular flexibility index (Phi) is 8.01. The minimum atomic E-state index is -1.04. The second-order valence-corrected chi connectivity index (χ2v) is 7.14. The SMILES string of the molecule is O=C(COC(=O)C[C@H](NC(=O)c1ccccc1)c1ccccc1)Nc1ccc(F)c([N+](=O)[O-])c1. The molecular weight excluding hydrogens is 445 g/mol. The fourth-order valence-corrected chi connectivity index (χ4v) is 3.07. The number of nitrogens with one attached hydrogen (secondary N) is 2. The zero-order valence-corrected chi connectivity index (χ0v) is 17.8. The highest BCUT2D eigenvalue weighted by Gasteiger charge is 2.21. The molecule has 3 rings (SSSR count). The van der Waals surface area contributed by atoms with Crippen LogP contribution in [0, 0.1) is 15.9 Å². The Morgan fingerprint density at radius 3 is 2.26 bits per heavy atom. The normalized spacial score (nSPS) is 11.2. The van der Waals surface area contributed by atoms with Crippen molar-refractivity contribution in [1.29, 1.82) is 0 Å². The summed E-state index contributed by atoms with van der Waals surface area (Å²) in [4.78, 5) is 47.0. The highest BCUT2D eigenvalue weighted by atomic mass is 19.1. The molecule has 0 spiro atoms. The second kappa shape index (κ2) is 11.3. The lowest BCUT2D eigenvalue weighted by atomic mass is 10.0. The first-order chi connectivity index (χ1) is 16.3. The number of nitrogens with zero attached hydrogens (tertiary/aromatic N) is 1. The van der Waals surface area contributed by atoms with Gasteiger partial charge < -0.3 is 15.4 Å². The van der Waals surface area contributed by atoms with E-state index in [1.165, 1.54) is 0 Å². The van der Waals surface area contributed by atoms with Crippen molar-refractivity contribution >= 4 is 29.2 Å². The lowest BCUT2D eigenvalue weighted by molar-refractivity contribution is -0.387. The molecule has 0 saturated heterocycles. The van der Waals surface area contributed by atoms with E-state index in [0.29, 0.717) is 11.1 Å². The quantitative estimate of drug-likeness (QED) is 0.281. The van der Waals surface area contributed by atoms with Crippen LogP contribution in [0.4, 0.5) is 15.8 Å². The molecule has 0 bridgehead atoms. The number of anilines is 1. The Balaban J connectivity index is 1.60. The molecule has 0 unspecified atom stereocenters. The Bertz CT molecular complexity index is 1190. The minimum Gasteiger partial charge on any atom is -0.455 e. The minimum absolute atomic E-state index is 0.0218. The highest BCUT2D eigenvalue weighted by molar-refractivity contribution is 5.95. The molecule has 9 nitrogen and oxygen atoms in total. The molecule has 10 heteroatoms. The number of benzene rings is 3. The first-order valence-corrected chi connectivity index (χ1v) is 10.1. The van der Waals surface area contributed by atoms with Gasteiger partial charge in [0, 0.05) is 17.3 Å². The maximum atomic E-state index is 13.4. The van der Waals surface area contributed by atoms with Crippen LogP contribution in [0.2, 0.25) is 0 Å². The number of nitro groups is 1. The standard InChI is InChI=1S/C24H20FN3O6/c25-19-12-11-18(13-21(19)28(32)33)26-22(29)15-34-23(30)14-20(16-7-3-1-4-8-16)27-24(31)17-9-5-2-6-10-17/h1-13,20H,14-15H2,(H,26,29)(H,27,31)/t20-/m0/s1. The number of ether oxygens (including phenoxy) is 1.